The molecule has 1 aromatic carbocycles. The lowest BCUT2D eigenvalue weighted by Gasteiger charge is -2.08. The molecule has 0 atom stereocenters. The maximum atomic E-state index is 5.52. The van der Waals surface area contributed by atoms with Gasteiger partial charge in [0, 0.05) is 18.2 Å². The molecule has 0 aliphatic heterocycles. The fourth-order valence-electron chi connectivity index (χ4n) is 1.58. The predicted molar refractivity (Wildman–Crippen MR) is 67.5 cm³/mol. The van der Waals surface area contributed by atoms with Crippen molar-refractivity contribution in [2.45, 2.75) is 13.8 Å². The molecule has 2 rings (SSSR count). The van der Waals surface area contributed by atoms with Crippen LogP contribution in [0.3, 0.4) is 0 Å². The van der Waals surface area contributed by atoms with E-state index in [-0.39, 0.29) is 0 Å². The Labute approximate surface area is 96.3 Å². The smallest absolute Gasteiger partial charge is 0.156 e. The van der Waals surface area contributed by atoms with Crippen molar-refractivity contribution in [2.24, 2.45) is 5.92 Å². The maximum absolute atomic E-state index is 5.52. The second kappa shape index (κ2) is 4.88. The van der Waals surface area contributed by atoms with Crippen LogP contribution < -0.4 is 5.32 Å². The number of hydrogen-bond acceptors (Lipinski definition) is 2. The molecular weight excluding hydrogens is 198 g/mol. The van der Waals surface area contributed by atoms with Gasteiger partial charge in [0.25, 0.3) is 0 Å². The van der Waals surface area contributed by atoms with Gasteiger partial charge in [-0.05, 0) is 5.92 Å². The molecule has 0 aliphatic carbocycles. The molecule has 2 heteroatoms. The summed E-state index contributed by atoms with van der Waals surface area (Å²) in [5.74, 6) is 1.54. The number of furan rings is 1. The van der Waals surface area contributed by atoms with Crippen molar-refractivity contribution in [3.8, 4) is 11.3 Å². The topological polar surface area (TPSA) is 25.2 Å². The Morgan fingerprint density at radius 3 is 2.56 bits per heavy atom. The number of rotatable bonds is 4. The fourth-order valence-corrected chi connectivity index (χ4v) is 1.58. The molecule has 0 bridgehead atoms. The van der Waals surface area contributed by atoms with E-state index in [1.54, 1.807) is 6.26 Å². The Bertz CT molecular complexity index is 431. The fraction of sp³-hybridized carbons (Fsp3) is 0.286. The lowest BCUT2D eigenvalue weighted by molar-refractivity contribution is 0.582. The zero-order valence-corrected chi connectivity index (χ0v) is 9.73. The monoisotopic (exact) mass is 215 g/mol. The highest BCUT2D eigenvalue weighted by atomic mass is 16.3. The van der Waals surface area contributed by atoms with Crippen LogP contribution in [0.25, 0.3) is 11.3 Å². The molecule has 0 amide bonds. The lowest BCUT2D eigenvalue weighted by Crippen LogP contribution is -2.07. The third kappa shape index (κ3) is 2.45. The molecule has 0 fully saturated rings. The Morgan fingerprint density at radius 1 is 1.12 bits per heavy atom. The summed E-state index contributed by atoms with van der Waals surface area (Å²) in [5.41, 5.74) is 2.18. The predicted octanol–water partition coefficient (Wildman–Crippen LogP) is 4.01. The van der Waals surface area contributed by atoms with E-state index in [2.05, 4.69) is 31.3 Å². The van der Waals surface area contributed by atoms with Gasteiger partial charge in [-0.3, -0.25) is 0 Å². The van der Waals surface area contributed by atoms with Crippen LogP contribution in [0.4, 0.5) is 5.69 Å². The highest BCUT2D eigenvalue weighted by molar-refractivity contribution is 5.72. The Balaban J connectivity index is 2.19. The van der Waals surface area contributed by atoms with Gasteiger partial charge in [0.2, 0.25) is 0 Å². The molecule has 2 nitrogen and oxygen atoms in total. The summed E-state index contributed by atoms with van der Waals surface area (Å²) < 4.78 is 5.52. The molecule has 16 heavy (non-hydrogen) atoms. The normalized spacial score (nSPS) is 10.7. The van der Waals surface area contributed by atoms with E-state index in [1.165, 1.54) is 0 Å². The number of nitrogens with one attached hydrogen (secondary N) is 1. The van der Waals surface area contributed by atoms with Gasteiger partial charge in [-0.15, -0.1) is 0 Å². The van der Waals surface area contributed by atoms with Crippen molar-refractivity contribution < 1.29 is 4.42 Å². The van der Waals surface area contributed by atoms with E-state index in [9.17, 15) is 0 Å². The van der Waals surface area contributed by atoms with Crippen LogP contribution in [0.1, 0.15) is 13.8 Å². The quantitative estimate of drug-likeness (QED) is 0.833. The van der Waals surface area contributed by atoms with E-state index >= 15 is 0 Å². The van der Waals surface area contributed by atoms with Gasteiger partial charge in [-0.2, -0.15) is 0 Å². The second-order valence-corrected chi connectivity index (χ2v) is 4.30. The van der Waals surface area contributed by atoms with Crippen LogP contribution in [0.15, 0.2) is 47.1 Å². The summed E-state index contributed by atoms with van der Waals surface area (Å²) >= 11 is 0. The van der Waals surface area contributed by atoms with E-state index in [0.717, 1.165) is 23.6 Å². The van der Waals surface area contributed by atoms with E-state index < -0.39 is 0 Å². The molecular formula is C14H17NO. The molecule has 0 aliphatic rings. The minimum absolute atomic E-state index is 0.624. The van der Waals surface area contributed by atoms with E-state index in [0.29, 0.717) is 5.92 Å². The molecule has 0 radical (unpaired) electrons. The van der Waals surface area contributed by atoms with Crippen LogP contribution in [-0.2, 0) is 0 Å². The average Bonchev–Trinajstić information content (AvgIpc) is 2.75. The largest absolute Gasteiger partial charge is 0.462 e. The molecule has 84 valence electrons. The summed E-state index contributed by atoms with van der Waals surface area (Å²) in [6.07, 6.45) is 1.73. The van der Waals surface area contributed by atoms with Crippen molar-refractivity contribution in [1.82, 2.24) is 0 Å². The summed E-state index contributed by atoms with van der Waals surface area (Å²) in [6.45, 7) is 5.34. The van der Waals surface area contributed by atoms with Gasteiger partial charge >= 0.3 is 0 Å². The minimum atomic E-state index is 0.624. The van der Waals surface area contributed by atoms with Gasteiger partial charge in [0.05, 0.1) is 12.0 Å². The first-order chi connectivity index (χ1) is 7.77. The lowest BCUT2D eigenvalue weighted by atomic mass is 10.1. The van der Waals surface area contributed by atoms with Crippen molar-refractivity contribution in [3.63, 3.8) is 0 Å². The van der Waals surface area contributed by atoms with Crippen molar-refractivity contribution >= 4 is 5.69 Å². The van der Waals surface area contributed by atoms with Gasteiger partial charge < -0.3 is 9.73 Å². The van der Waals surface area contributed by atoms with Crippen molar-refractivity contribution in [2.75, 3.05) is 11.9 Å². The number of hydrogen-bond donors (Lipinski definition) is 1. The standard InChI is InChI=1S/C14H17NO/c1-11(2)10-15-13-8-9-16-14(13)12-6-4-3-5-7-12/h3-9,11,15H,10H2,1-2H3. The second-order valence-electron chi connectivity index (χ2n) is 4.30. The summed E-state index contributed by atoms with van der Waals surface area (Å²) in [4.78, 5) is 0. The number of benzene rings is 1. The average molecular weight is 215 g/mol. The molecule has 0 spiro atoms. The van der Waals surface area contributed by atoms with Crippen molar-refractivity contribution in [1.29, 1.82) is 0 Å². The maximum Gasteiger partial charge on any atom is 0.156 e. The first-order valence-electron chi connectivity index (χ1n) is 5.64. The highest BCUT2D eigenvalue weighted by Crippen LogP contribution is 2.28. The SMILES string of the molecule is CC(C)CNc1ccoc1-c1ccccc1. The first-order valence-corrected chi connectivity index (χ1v) is 5.64. The van der Waals surface area contributed by atoms with E-state index in [4.69, 9.17) is 4.42 Å². The van der Waals surface area contributed by atoms with Crippen LogP contribution in [0, 0.1) is 5.92 Å². The first kappa shape index (κ1) is 10.8. The number of anilines is 1. The Morgan fingerprint density at radius 2 is 1.88 bits per heavy atom. The third-order valence-corrected chi connectivity index (χ3v) is 2.40. The Kier molecular flexibility index (Phi) is 3.30. The van der Waals surface area contributed by atoms with Crippen LogP contribution in [-0.4, -0.2) is 6.54 Å². The minimum Gasteiger partial charge on any atom is -0.462 e. The van der Waals surface area contributed by atoms with Gasteiger partial charge in [-0.1, -0.05) is 44.2 Å². The van der Waals surface area contributed by atoms with E-state index in [1.807, 2.05) is 24.3 Å². The molecule has 2 aromatic rings. The molecule has 1 heterocycles. The third-order valence-electron chi connectivity index (χ3n) is 2.40. The van der Waals surface area contributed by atoms with Gasteiger partial charge in [-0.25, -0.2) is 0 Å². The Hall–Kier alpha value is -1.70. The molecule has 0 saturated carbocycles. The zero-order chi connectivity index (χ0) is 11.4. The molecule has 1 aromatic heterocycles. The molecule has 1 N–H and O–H groups in total. The molecule has 0 unspecified atom stereocenters. The van der Waals surface area contributed by atoms with Crippen LogP contribution in [0.5, 0.6) is 0 Å². The summed E-state index contributed by atoms with van der Waals surface area (Å²) in [7, 11) is 0. The zero-order valence-electron chi connectivity index (χ0n) is 9.73. The van der Waals surface area contributed by atoms with Crippen LogP contribution >= 0.6 is 0 Å². The van der Waals surface area contributed by atoms with Crippen LogP contribution in [0.2, 0.25) is 0 Å². The highest BCUT2D eigenvalue weighted by Gasteiger charge is 2.08. The molecule has 0 saturated heterocycles. The van der Waals surface area contributed by atoms with Gasteiger partial charge in [0.15, 0.2) is 5.76 Å². The summed E-state index contributed by atoms with van der Waals surface area (Å²) in [6, 6.07) is 12.1. The van der Waals surface area contributed by atoms with Gasteiger partial charge in [0.1, 0.15) is 0 Å². The van der Waals surface area contributed by atoms with Crippen molar-refractivity contribution in [3.05, 3.63) is 42.7 Å². The summed E-state index contributed by atoms with van der Waals surface area (Å²) in [5, 5.41) is 3.40.